The van der Waals surface area contributed by atoms with Crippen LogP contribution in [0.2, 0.25) is 0 Å². The fourth-order valence-corrected chi connectivity index (χ4v) is 7.75. The first-order valence-corrected chi connectivity index (χ1v) is 17.4. The number of imidazole rings is 1. The molecule has 2 fully saturated rings. The molecule has 50 heavy (non-hydrogen) atoms. The van der Waals surface area contributed by atoms with Gasteiger partial charge in [0.15, 0.2) is 17.3 Å². The van der Waals surface area contributed by atoms with E-state index in [4.69, 9.17) is 14.5 Å². The van der Waals surface area contributed by atoms with E-state index in [1.165, 1.54) is 6.07 Å². The van der Waals surface area contributed by atoms with Gasteiger partial charge < -0.3 is 23.8 Å². The normalized spacial score (nSPS) is 18.4. The van der Waals surface area contributed by atoms with Gasteiger partial charge >= 0.3 is 0 Å². The highest BCUT2D eigenvalue weighted by Crippen LogP contribution is 2.42. The van der Waals surface area contributed by atoms with Crippen LogP contribution in [0.3, 0.4) is 0 Å². The molecule has 0 N–H and O–H groups in total. The number of hydrogen-bond acceptors (Lipinski definition) is 6. The Kier molecular flexibility index (Phi) is 9.68. The maximum atomic E-state index is 14.7. The molecule has 1 atom stereocenters. The topological polar surface area (TPSA) is 76.9 Å². The smallest absolute Gasteiger partial charge is 0.253 e. The lowest BCUT2D eigenvalue weighted by Gasteiger charge is -2.36. The number of fused-ring (bicyclic) bond motifs is 1. The lowest BCUT2D eigenvalue weighted by atomic mass is 9.76. The second kappa shape index (κ2) is 14.5. The van der Waals surface area contributed by atoms with Crippen LogP contribution in [0.5, 0.6) is 11.5 Å². The SMILES string of the molecule is COc1ccc(C2(CCN3CCC(C(=O)c4nc5ccccc5n4Cc4ccccc4F)CC3)CCN(C(=O)c3ccccc3)C2)cc1OC. The van der Waals surface area contributed by atoms with Gasteiger partial charge in [-0.15, -0.1) is 0 Å². The number of methoxy groups -OCH3 is 2. The number of benzene rings is 4. The Morgan fingerprint density at radius 1 is 0.860 bits per heavy atom. The van der Waals surface area contributed by atoms with E-state index in [2.05, 4.69) is 17.0 Å². The molecule has 4 aromatic carbocycles. The summed E-state index contributed by atoms with van der Waals surface area (Å²) in [5.74, 6) is 1.37. The fraction of sp³-hybridized carbons (Fsp3) is 0.341. The molecular formula is C41H43FN4O4. The third-order valence-electron chi connectivity index (χ3n) is 10.7. The first kappa shape index (κ1) is 33.5. The van der Waals surface area contributed by atoms with Gasteiger partial charge in [0.05, 0.1) is 31.8 Å². The number of piperidine rings is 1. The zero-order valence-electron chi connectivity index (χ0n) is 28.7. The Morgan fingerprint density at radius 3 is 2.34 bits per heavy atom. The van der Waals surface area contributed by atoms with Crippen LogP contribution < -0.4 is 9.47 Å². The van der Waals surface area contributed by atoms with Gasteiger partial charge in [0.25, 0.3) is 5.91 Å². The predicted molar refractivity (Wildman–Crippen MR) is 192 cm³/mol. The number of nitrogens with zero attached hydrogens (tertiary/aromatic N) is 4. The molecule has 0 bridgehead atoms. The maximum Gasteiger partial charge on any atom is 0.253 e. The molecule has 3 heterocycles. The predicted octanol–water partition coefficient (Wildman–Crippen LogP) is 7.01. The molecule has 2 saturated heterocycles. The van der Waals surface area contributed by atoms with Crippen molar-refractivity contribution in [1.29, 1.82) is 0 Å². The number of aromatic nitrogens is 2. The summed E-state index contributed by atoms with van der Waals surface area (Å²) in [6, 6.07) is 30.0. The molecule has 0 aliphatic carbocycles. The Balaban J connectivity index is 1.06. The van der Waals surface area contributed by atoms with Gasteiger partial charge in [-0.05, 0) is 93.3 Å². The van der Waals surface area contributed by atoms with Gasteiger partial charge in [-0.25, -0.2) is 9.37 Å². The van der Waals surface area contributed by atoms with Crippen molar-refractivity contribution in [1.82, 2.24) is 19.4 Å². The van der Waals surface area contributed by atoms with E-state index in [1.54, 1.807) is 26.4 Å². The molecule has 0 saturated carbocycles. The summed E-state index contributed by atoms with van der Waals surface area (Å²) in [6.45, 7) is 3.96. The van der Waals surface area contributed by atoms with E-state index in [0.29, 0.717) is 41.5 Å². The van der Waals surface area contributed by atoms with Gasteiger partial charge in [0.1, 0.15) is 5.82 Å². The molecule has 1 amide bonds. The summed E-state index contributed by atoms with van der Waals surface area (Å²) < 4.78 is 27.8. The first-order chi connectivity index (χ1) is 24.4. The molecule has 8 nitrogen and oxygen atoms in total. The van der Waals surface area contributed by atoms with Crippen LogP contribution in [0.25, 0.3) is 11.0 Å². The Hall–Kier alpha value is -5.02. The number of amides is 1. The van der Waals surface area contributed by atoms with Crippen LogP contribution in [0, 0.1) is 11.7 Å². The van der Waals surface area contributed by atoms with Gasteiger partial charge in [-0.3, -0.25) is 9.59 Å². The molecule has 2 aliphatic rings. The summed E-state index contributed by atoms with van der Waals surface area (Å²) in [6.07, 6.45) is 3.15. The molecule has 0 spiro atoms. The van der Waals surface area contributed by atoms with Crippen LogP contribution in [0.1, 0.15) is 57.8 Å². The minimum Gasteiger partial charge on any atom is -0.493 e. The van der Waals surface area contributed by atoms with Gasteiger partial charge in [0.2, 0.25) is 5.78 Å². The number of ether oxygens (including phenoxy) is 2. The summed E-state index contributed by atoms with van der Waals surface area (Å²) in [4.78, 5) is 36.8. The van der Waals surface area contributed by atoms with Gasteiger partial charge in [0, 0.05) is 35.5 Å². The van der Waals surface area contributed by atoms with Crippen LogP contribution in [-0.2, 0) is 12.0 Å². The standard InChI is InChI=1S/C41H43FN4O4/c1-49-36-17-16-32(26-37(36)50-2)41(21-25-45(28-41)40(48)30-10-4-3-5-11-30)20-24-44-22-18-29(19-23-44)38(47)39-43-34-14-8-9-15-35(34)46(39)27-31-12-6-7-13-33(31)42/h3-17,26,29H,18-25,27-28H2,1-2H3. The largest absolute Gasteiger partial charge is 0.493 e. The number of rotatable bonds is 11. The zero-order valence-corrected chi connectivity index (χ0v) is 28.7. The molecule has 7 rings (SSSR count). The second-order valence-corrected chi connectivity index (χ2v) is 13.5. The molecular weight excluding hydrogens is 631 g/mol. The molecule has 258 valence electrons. The monoisotopic (exact) mass is 674 g/mol. The van der Waals surface area contributed by atoms with Crippen molar-refractivity contribution in [2.45, 2.75) is 37.6 Å². The van der Waals surface area contributed by atoms with Crippen molar-refractivity contribution in [3.05, 3.63) is 125 Å². The highest BCUT2D eigenvalue weighted by atomic mass is 19.1. The Morgan fingerprint density at radius 2 is 1.58 bits per heavy atom. The summed E-state index contributed by atoms with van der Waals surface area (Å²) in [5.41, 5.74) is 3.67. The fourth-order valence-electron chi connectivity index (χ4n) is 7.75. The Bertz CT molecular complexity index is 1990. The van der Waals surface area contributed by atoms with Gasteiger partial charge in [-0.1, -0.05) is 54.6 Å². The van der Waals surface area contributed by atoms with E-state index in [-0.39, 0.29) is 35.4 Å². The average molecular weight is 675 g/mol. The third-order valence-corrected chi connectivity index (χ3v) is 10.7. The maximum absolute atomic E-state index is 14.7. The number of ketones is 1. The van der Waals surface area contributed by atoms with Crippen LogP contribution in [-0.4, -0.2) is 78.0 Å². The van der Waals surface area contributed by atoms with E-state index in [0.717, 1.165) is 61.9 Å². The molecule has 0 radical (unpaired) electrons. The van der Waals surface area contributed by atoms with Crippen molar-refractivity contribution in [2.24, 2.45) is 5.92 Å². The molecule has 1 aromatic heterocycles. The van der Waals surface area contributed by atoms with Crippen molar-refractivity contribution < 1.29 is 23.5 Å². The number of halogens is 1. The minimum atomic E-state index is -0.294. The lowest BCUT2D eigenvalue weighted by Crippen LogP contribution is -2.41. The number of carbonyl (C=O) groups excluding carboxylic acids is 2. The average Bonchev–Trinajstić information content (AvgIpc) is 3.77. The molecule has 2 aliphatic heterocycles. The van der Waals surface area contributed by atoms with E-state index in [9.17, 15) is 14.0 Å². The lowest BCUT2D eigenvalue weighted by molar-refractivity contribution is 0.0778. The zero-order chi connectivity index (χ0) is 34.7. The van der Waals surface area contributed by atoms with Crippen molar-refractivity contribution >= 4 is 22.7 Å². The van der Waals surface area contributed by atoms with Crippen molar-refractivity contribution in [2.75, 3.05) is 46.9 Å². The number of hydrogen-bond donors (Lipinski definition) is 0. The van der Waals surface area contributed by atoms with E-state index in [1.807, 2.05) is 76.2 Å². The number of para-hydroxylation sites is 2. The van der Waals surface area contributed by atoms with Crippen molar-refractivity contribution in [3.8, 4) is 11.5 Å². The first-order valence-electron chi connectivity index (χ1n) is 17.4. The van der Waals surface area contributed by atoms with Crippen LogP contribution in [0.4, 0.5) is 4.39 Å². The second-order valence-electron chi connectivity index (χ2n) is 13.5. The summed E-state index contributed by atoms with van der Waals surface area (Å²) in [5, 5.41) is 0. The molecule has 9 heteroatoms. The highest BCUT2D eigenvalue weighted by molar-refractivity contribution is 5.98. The molecule has 1 unspecified atom stereocenters. The summed E-state index contributed by atoms with van der Waals surface area (Å²) in [7, 11) is 3.28. The number of carbonyl (C=O) groups is 2. The van der Waals surface area contributed by atoms with Crippen LogP contribution >= 0.6 is 0 Å². The van der Waals surface area contributed by atoms with Gasteiger partial charge in [-0.2, -0.15) is 0 Å². The van der Waals surface area contributed by atoms with E-state index >= 15 is 0 Å². The quantitative estimate of drug-likeness (QED) is 0.140. The third kappa shape index (κ3) is 6.62. The highest BCUT2D eigenvalue weighted by Gasteiger charge is 2.42. The number of likely N-dealkylation sites (tertiary alicyclic amines) is 2. The van der Waals surface area contributed by atoms with E-state index < -0.39 is 0 Å². The van der Waals surface area contributed by atoms with Crippen LogP contribution in [0.15, 0.2) is 97.1 Å². The molecule has 5 aromatic rings. The minimum absolute atomic E-state index is 0.0184. The number of Topliss-reactive ketones (excluding diaryl/α,β-unsaturated/α-hetero) is 1. The summed E-state index contributed by atoms with van der Waals surface area (Å²) >= 11 is 0. The Labute approximate surface area is 292 Å². The van der Waals surface area contributed by atoms with Crippen molar-refractivity contribution in [3.63, 3.8) is 0 Å².